The topological polar surface area (TPSA) is 58.2 Å². The zero-order valence-electron chi connectivity index (χ0n) is 13.0. The van der Waals surface area contributed by atoms with Crippen molar-refractivity contribution in [1.82, 2.24) is 10.0 Å². The maximum absolute atomic E-state index is 12.4. The van der Waals surface area contributed by atoms with E-state index in [0.717, 1.165) is 12.0 Å². The molecule has 5 heteroatoms. The van der Waals surface area contributed by atoms with Gasteiger partial charge in [-0.05, 0) is 44.0 Å². The van der Waals surface area contributed by atoms with E-state index in [1.807, 2.05) is 40.8 Å². The first-order valence-electron chi connectivity index (χ1n) is 7.11. The number of hydrogen-bond acceptors (Lipinski definition) is 3. The molecular formula is C15H26N2O2S. The van der Waals surface area contributed by atoms with Crippen molar-refractivity contribution in [1.29, 1.82) is 0 Å². The van der Waals surface area contributed by atoms with Crippen LogP contribution >= 0.6 is 0 Å². The highest BCUT2D eigenvalue weighted by atomic mass is 32.2. The lowest BCUT2D eigenvalue weighted by molar-refractivity contribution is 0.437. The number of nitrogens with one attached hydrogen (secondary N) is 2. The lowest BCUT2D eigenvalue weighted by Crippen LogP contribution is -2.38. The van der Waals surface area contributed by atoms with Crippen LogP contribution in [0.3, 0.4) is 0 Å². The highest BCUT2D eigenvalue weighted by Crippen LogP contribution is 2.18. The molecule has 114 valence electrons. The van der Waals surface area contributed by atoms with Crippen molar-refractivity contribution in [2.24, 2.45) is 5.92 Å². The average molecular weight is 298 g/mol. The third kappa shape index (κ3) is 4.30. The van der Waals surface area contributed by atoms with Gasteiger partial charge in [-0.1, -0.05) is 32.9 Å². The van der Waals surface area contributed by atoms with Gasteiger partial charge in [0.1, 0.15) is 0 Å². The zero-order valence-corrected chi connectivity index (χ0v) is 13.8. The average Bonchev–Trinajstić information content (AvgIpc) is 2.43. The van der Waals surface area contributed by atoms with Gasteiger partial charge in [-0.3, -0.25) is 0 Å². The Bertz CT molecular complexity index is 526. The molecule has 0 spiro atoms. The van der Waals surface area contributed by atoms with Gasteiger partial charge in [-0.2, -0.15) is 0 Å². The molecule has 0 aliphatic carbocycles. The molecule has 0 bridgehead atoms. The molecule has 0 aliphatic rings. The lowest BCUT2D eigenvalue weighted by Gasteiger charge is -2.21. The standard InChI is InChI=1S/C15H26N2O2S/c1-6-15(11(2)3)17-20(18,19)14-9-7-8-13(10-14)12(4)16-5/h7-12,15-17H,6H2,1-5H3. The fraction of sp³-hybridized carbons (Fsp3) is 0.600. The van der Waals surface area contributed by atoms with Gasteiger partial charge in [0, 0.05) is 12.1 Å². The highest BCUT2D eigenvalue weighted by Gasteiger charge is 2.21. The molecule has 0 amide bonds. The predicted molar refractivity (Wildman–Crippen MR) is 83.2 cm³/mol. The van der Waals surface area contributed by atoms with Crippen LogP contribution in [0, 0.1) is 5.92 Å². The minimum atomic E-state index is -3.46. The van der Waals surface area contributed by atoms with Gasteiger partial charge >= 0.3 is 0 Å². The Balaban J connectivity index is 3.03. The Kier molecular flexibility index (Phi) is 6.17. The zero-order chi connectivity index (χ0) is 15.3. The summed E-state index contributed by atoms with van der Waals surface area (Å²) in [5.74, 6) is 0.272. The summed E-state index contributed by atoms with van der Waals surface area (Å²) in [5, 5.41) is 3.11. The Labute approximate surface area is 123 Å². The van der Waals surface area contributed by atoms with Crippen molar-refractivity contribution in [3.05, 3.63) is 29.8 Å². The minimum absolute atomic E-state index is 0.0367. The minimum Gasteiger partial charge on any atom is -0.313 e. The van der Waals surface area contributed by atoms with Gasteiger partial charge in [0.15, 0.2) is 0 Å². The van der Waals surface area contributed by atoms with Crippen molar-refractivity contribution in [3.8, 4) is 0 Å². The molecule has 0 heterocycles. The van der Waals surface area contributed by atoms with Crippen LogP contribution in [0.1, 0.15) is 45.7 Å². The molecule has 1 rings (SSSR count). The summed E-state index contributed by atoms with van der Waals surface area (Å²) in [6.07, 6.45) is 0.781. The van der Waals surface area contributed by atoms with E-state index >= 15 is 0 Å². The first-order chi connectivity index (χ1) is 9.31. The summed E-state index contributed by atoms with van der Waals surface area (Å²) < 4.78 is 27.7. The molecular weight excluding hydrogens is 272 g/mol. The van der Waals surface area contributed by atoms with Crippen molar-refractivity contribution >= 4 is 10.0 Å². The van der Waals surface area contributed by atoms with Gasteiger partial charge < -0.3 is 5.32 Å². The summed E-state index contributed by atoms with van der Waals surface area (Å²) >= 11 is 0. The molecule has 1 aromatic carbocycles. The molecule has 0 saturated heterocycles. The monoisotopic (exact) mass is 298 g/mol. The smallest absolute Gasteiger partial charge is 0.240 e. The van der Waals surface area contributed by atoms with Gasteiger partial charge in [0.25, 0.3) is 0 Å². The molecule has 0 aromatic heterocycles. The summed E-state index contributed by atoms with van der Waals surface area (Å²) in [7, 11) is -1.60. The second kappa shape index (κ2) is 7.20. The Morgan fingerprint density at radius 3 is 2.35 bits per heavy atom. The van der Waals surface area contributed by atoms with E-state index in [1.165, 1.54) is 0 Å². The third-order valence-corrected chi connectivity index (χ3v) is 5.14. The fourth-order valence-corrected chi connectivity index (χ4v) is 3.60. The third-order valence-electron chi connectivity index (χ3n) is 3.65. The molecule has 2 unspecified atom stereocenters. The number of benzene rings is 1. The van der Waals surface area contributed by atoms with Crippen LogP contribution in [-0.2, 0) is 10.0 Å². The van der Waals surface area contributed by atoms with Gasteiger partial charge in [-0.25, -0.2) is 13.1 Å². The van der Waals surface area contributed by atoms with Crippen LogP contribution in [0.2, 0.25) is 0 Å². The number of rotatable bonds is 7. The van der Waals surface area contributed by atoms with E-state index in [0.29, 0.717) is 4.90 Å². The summed E-state index contributed by atoms with van der Waals surface area (Å²) in [4.78, 5) is 0.330. The van der Waals surface area contributed by atoms with E-state index < -0.39 is 10.0 Å². The fourth-order valence-electron chi connectivity index (χ4n) is 2.08. The van der Waals surface area contributed by atoms with Crippen LogP contribution < -0.4 is 10.0 Å². The van der Waals surface area contributed by atoms with Gasteiger partial charge in [-0.15, -0.1) is 0 Å². The van der Waals surface area contributed by atoms with E-state index in [4.69, 9.17) is 0 Å². The normalized spacial score (nSPS) is 15.3. The Hall–Kier alpha value is -0.910. The van der Waals surface area contributed by atoms with Crippen molar-refractivity contribution in [2.45, 2.75) is 51.1 Å². The lowest BCUT2D eigenvalue weighted by atomic mass is 10.0. The molecule has 0 aliphatic heterocycles. The molecule has 2 N–H and O–H groups in total. The van der Waals surface area contributed by atoms with Crippen LogP contribution in [0.15, 0.2) is 29.2 Å². The Morgan fingerprint density at radius 1 is 1.20 bits per heavy atom. The molecule has 2 atom stereocenters. The van der Waals surface area contributed by atoms with Crippen LogP contribution in [0.5, 0.6) is 0 Å². The number of hydrogen-bond donors (Lipinski definition) is 2. The van der Waals surface area contributed by atoms with Crippen molar-refractivity contribution in [3.63, 3.8) is 0 Å². The molecule has 4 nitrogen and oxygen atoms in total. The largest absolute Gasteiger partial charge is 0.313 e. The summed E-state index contributed by atoms with van der Waals surface area (Å²) in [6, 6.07) is 7.17. The maximum Gasteiger partial charge on any atom is 0.240 e. The first-order valence-corrected chi connectivity index (χ1v) is 8.59. The summed E-state index contributed by atoms with van der Waals surface area (Å²) in [6.45, 7) is 8.04. The van der Waals surface area contributed by atoms with E-state index in [9.17, 15) is 8.42 Å². The second-order valence-corrected chi connectivity index (χ2v) is 7.18. The maximum atomic E-state index is 12.4. The highest BCUT2D eigenvalue weighted by molar-refractivity contribution is 7.89. The van der Waals surface area contributed by atoms with Crippen molar-refractivity contribution in [2.75, 3.05) is 7.05 Å². The first kappa shape index (κ1) is 17.1. The quantitative estimate of drug-likeness (QED) is 0.813. The molecule has 20 heavy (non-hydrogen) atoms. The molecule has 0 saturated carbocycles. The van der Waals surface area contributed by atoms with Crippen LogP contribution in [0.25, 0.3) is 0 Å². The second-order valence-electron chi connectivity index (χ2n) is 5.46. The van der Waals surface area contributed by atoms with E-state index in [1.54, 1.807) is 18.2 Å². The van der Waals surface area contributed by atoms with E-state index in [2.05, 4.69) is 10.0 Å². The van der Waals surface area contributed by atoms with Crippen LogP contribution in [0.4, 0.5) is 0 Å². The predicted octanol–water partition coefficient (Wildman–Crippen LogP) is 2.68. The van der Waals surface area contributed by atoms with Crippen molar-refractivity contribution < 1.29 is 8.42 Å². The van der Waals surface area contributed by atoms with E-state index in [-0.39, 0.29) is 18.0 Å². The Morgan fingerprint density at radius 2 is 1.85 bits per heavy atom. The molecule has 1 aromatic rings. The SMILES string of the molecule is CCC(NS(=O)(=O)c1cccc(C(C)NC)c1)C(C)C. The molecule has 0 fully saturated rings. The molecule has 0 radical (unpaired) electrons. The van der Waals surface area contributed by atoms with Crippen LogP contribution in [-0.4, -0.2) is 21.5 Å². The summed E-state index contributed by atoms with van der Waals surface area (Å²) in [5.41, 5.74) is 0.966. The number of sulfonamides is 1. The van der Waals surface area contributed by atoms with Gasteiger partial charge in [0.2, 0.25) is 10.0 Å². The van der Waals surface area contributed by atoms with Gasteiger partial charge in [0.05, 0.1) is 4.90 Å².